The summed E-state index contributed by atoms with van der Waals surface area (Å²) in [5.74, 6) is 0.582. The monoisotopic (exact) mass is 276 g/mol. The Bertz CT molecular complexity index is 514. The van der Waals surface area contributed by atoms with Crippen molar-refractivity contribution in [2.45, 2.75) is 39.2 Å². The van der Waals surface area contributed by atoms with E-state index in [1.165, 1.54) is 0 Å². The van der Waals surface area contributed by atoms with E-state index in [0.717, 1.165) is 12.0 Å². The molecule has 1 aliphatic rings. The number of amides is 2. The number of hydrogen-bond acceptors (Lipinski definition) is 3. The minimum Gasteiger partial charge on any atom is -0.482 e. The van der Waals surface area contributed by atoms with Gasteiger partial charge in [0.2, 0.25) is 5.91 Å². The Morgan fingerprint density at radius 1 is 1.50 bits per heavy atom. The molecule has 1 unspecified atom stereocenters. The topological polar surface area (TPSA) is 67.4 Å². The zero-order chi connectivity index (χ0) is 14.5. The molecule has 0 saturated carbocycles. The van der Waals surface area contributed by atoms with Gasteiger partial charge in [-0.15, -0.1) is 0 Å². The molecule has 2 rings (SSSR count). The number of benzene rings is 1. The molecule has 0 aliphatic carbocycles. The Balaban J connectivity index is 1.92. The van der Waals surface area contributed by atoms with Gasteiger partial charge in [0.15, 0.2) is 6.61 Å². The summed E-state index contributed by atoms with van der Waals surface area (Å²) in [5, 5.41) is 5.70. The molecule has 1 atom stereocenters. The second-order valence-electron chi connectivity index (χ2n) is 5.04. The van der Waals surface area contributed by atoms with Crippen molar-refractivity contribution in [3.8, 4) is 5.75 Å². The van der Waals surface area contributed by atoms with Crippen molar-refractivity contribution in [3.05, 3.63) is 23.8 Å². The molecule has 1 aromatic carbocycles. The molecule has 20 heavy (non-hydrogen) atoms. The van der Waals surface area contributed by atoms with Crippen molar-refractivity contribution in [2.75, 3.05) is 11.9 Å². The van der Waals surface area contributed by atoms with Gasteiger partial charge in [0.1, 0.15) is 5.75 Å². The van der Waals surface area contributed by atoms with E-state index in [1.807, 2.05) is 32.0 Å². The number of carbonyl (C=O) groups is 2. The van der Waals surface area contributed by atoms with Gasteiger partial charge in [-0.2, -0.15) is 0 Å². The van der Waals surface area contributed by atoms with Crippen LogP contribution in [0.25, 0.3) is 0 Å². The summed E-state index contributed by atoms with van der Waals surface area (Å²) in [6.45, 7) is 4.09. The summed E-state index contributed by atoms with van der Waals surface area (Å²) in [4.78, 5) is 23.0. The molecule has 0 spiro atoms. The average Bonchev–Trinajstić information content (AvgIpc) is 2.44. The zero-order valence-electron chi connectivity index (χ0n) is 11.9. The fraction of sp³-hybridized carbons (Fsp3) is 0.467. The molecule has 0 bridgehead atoms. The summed E-state index contributed by atoms with van der Waals surface area (Å²) >= 11 is 0. The molecule has 5 nitrogen and oxygen atoms in total. The van der Waals surface area contributed by atoms with Gasteiger partial charge in [0.25, 0.3) is 5.91 Å². The normalized spacial score (nSPS) is 14.8. The molecular weight excluding hydrogens is 256 g/mol. The fourth-order valence-corrected chi connectivity index (χ4v) is 1.99. The minimum absolute atomic E-state index is 0.0531. The highest BCUT2D eigenvalue weighted by molar-refractivity contribution is 5.95. The molecule has 0 saturated heterocycles. The zero-order valence-corrected chi connectivity index (χ0v) is 11.9. The van der Waals surface area contributed by atoms with Crippen LogP contribution in [0.3, 0.4) is 0 Å². The van der Waals surface area contributed by atoms with Gasteiger partial charge in [0.05, 0.1) is 5.69 Å². The Morgan fingerprint density at radius 3 is 3.05 bits per heavy atom. The molecule has 5 heteroatoms. The van der Waals surface area contributed by atoms with Crippen LogP contribution in [-0.2, 0) is 16.0 Å². The van der Waals surface area contributed by atoms with E-state index in [9.17, 15) is 9.59 Å². The highest BCUT2D eigenvalue weighted by Gasteiger charge is 2.16. The highest BCUT2D eigenvalue weighted by atomic mass is 16.5. The Hall–Kier alpha value is -2.04. The number of rotatable bonds is 5. The first-order valence-electron chi connectivity index (χ1n) is 6.93. The third-order valence-electron chi connectivity index (χ3n) is 3.34. The van der Waals surface area contributed by atoms with E-state index in [1.54, 1.807) is 0 Å². The van der Waals surface area contributed by atoms with Crippen LogP contribution in [0.4, 0.5) is 5.69 Å². The summed E-state index contributed by atoms with van der Waals surface area (Å²) in [6.07, 6.45) is 2.01. The van der Waals surface area contributed by atoms with Gasteiger partial charge in [-0.1, -0.05) is 13.0 Å². The molecule has 0 aromatic heterocycles. The van der Waals surface area contributed by atoms with Gasteiger partial charge in [-0.25, -0.2) is 0 Å². The van der Waals surface area contributed by atoms with Crippen LogP contribution in [-0.4, -0.2) is 24.5 Å². The van der Waals surface area contributed by atoms with Crippen LogP contribution >= 0.6 is 0 Å². The highest BCUT2D eigenvalue weighted by Crippen LogP contribution is 2.28. The third kappa shape index (κ3) is 3.73. The van der Waals surface area contributed by atoms with E-state index in [2.05, 4.69) is 10.6 Å². The van der Waals surface area contributed by atoms with Crippen LogP contribution in [0.5, 0.6) is 5.75 Å². The maximum absolute atomic E-state index is 11.7. The van der Waals surface area contributed by atoms with Crippen molar-refractivity contribution in [1.29, 1.82) is 0 Å². The molecule has 1 aromatic rings. The van der Waals surface area contributed by atoms with Crippen LogP contribution in [0, 0.1) is 0 Å². The predicted octanol–water partition coefficient (Wildman–Crippen LogP) is 1.86. The van der Waals surface area contributed by atoms with Crippen molar-refractivity contribution >= 4 is 17.5 Å². The number of anilines is 1. The Morgan fingerprint density at radius 2 is 2.30 bits per heavy atom. The number of carbonyl (C=O) groups excluding carboxylic acids is 2. The average molecular weight is 276 g/mol. The third-order valence-corrected chi connectivity index (χ3v) is 3.34. The van der Waals surface area contributed by atoms with Crippen LogP contribution in [0.2, 0.25) is 0 Å². The van der Waals surface area contributed by atoms with Crippen molar-refractivity contribution in [3.63, 3.8) is 0 Å². The number of aryl methyl sites for hydroxylation is 1. The molecule has 0 radical (unpaired) electrons. The lowest BCUT2D eigenvalue weighted by Gasteiger charge is -2.18. The van der Waals surface area contributed by atoms with Gasteiger partial charge in [-0.3, -0.25) is 9.59 Å². The van der Waals surface area contributed by atoms with Crippen molar-refractivity contribution < 1.29 is 14.3 Å². The lowest BCUT2D eigenvalue weighted by atomic mass is 10.1. The smallest absolute Gasteiger partial charge is 0.262 e. The first kappa shape index (κ1) is 14.4. The summed E-state index contributed by atoms with van der Waals surface area (Å²) in [6, 6.07) is 5.82. The second-order valence-corrected chi connectivity index (χ2v) is 5.04. The lowest BCUT2D eigenvalue weighted by molar-refractivity contribution is -0.121. The number of fused-ring (bicyclic) bond motifs is 1. The maximum Gasteiger partial charge on any atom is 0.262 e. The van der Waals surface area contributed by atoms with Gasteiger partial charge >= 0.3 is 0 Å². The molecule has 2 amide bonds. The van der Waals surface area contributed by atoms with Gasteiger partial charge in [0, 0.05) is 12.5 Å². The largest absolute Gasteiger partial charge is 0.482 e. The summed E-state index contributed by atoms with van der Waals surface area (Å²) in [5.41, 5.74) is 1.69. The first-order chi connectivity index (χ1) is 9.58. The molecule has 0 fully saturated rings. The van der Waals surface area contributed by atoms with Crippen molar-refractivity contribution in [1.82, 2.24) is 5.32 Å². The van der Waals surface area contributed by atoms with Crippen LogP contribution in [0.1, 0.15) is 32.3 Å². The first-order valence-corrected chi connectivity index (χ1v) is 6.93. The van der Waals surface area contributed by atoms with Gasteiger partial charge < -0.3 is 15.4 Å². The number of ether oxygens (including phenoxy) is 1. The van der Waals surface area contributed by atoms with Crippen LogP contribution < -0.4 is 15.4 Å². The van der Waals surface area contributed by atoms with Gasteiger partial charge in [-0.05, 0) is 37.5 Å². The number of nitrogens with one attached hydrogen (secondary N) is 2. The quantitative estimate of drug-likeness (QED) is 0.862. The Labute approximate surface area is 118 Å². The fourth-order valence-electron chi connectivity index (χ4n) is 1.99. The lowest BCUT2D eigenvalue weighted by Crippen LogP contribution is -2.32. The van der Waals surface area contributed by atoms with E-state index < -0.39 is 0 Å². The van der Waals surface area contributed by atoms with E-state index >= 15 is 0 Å². The Kier molecular flexibility index (Phi) is 4.61. The molecule has 1 heterocycles. The predicted molar refractivity (Wildman–Crippen MR) is 76.8 cm³/mol. The molecule has 2 N–H and O–H groups in total. The maximum atomic E-state index is 11.7. The van der Waals surface area contributed by atoms with E-state index in [-0.39, 0.29) is 24.5 Å². The second kappa shape index (κ2) is 6.41. The van der Waals surface area contributed by atoms with Crippen LogP contribution in [0.15, 0.2) is 18.2 Å². The summed E-state index contributed by atoms with van der Waals surface area (Å²) < 4.78 is 5.29. The molecule has 108 valence electrons. The number of hydrogen-bond donors (Lipinski definition) is 2. The summed E-state index contributed by atoms with van der Waals surface area (Å²) in [7, 11) is 0. The minimum atomic E-state index is -0.149. The van der Waals surface area contributed by atoms with E-state index in [0.29, 0.717) is 24.3 Å². The molecular formula is C15H20N2O3. The van der Waals surface area contributed by atoms with E-state index in [4.69, 9.17) is 4.74 Å². The van der Waals surface area contributed by atoms with Crippen molar-refractivity contribution in [2.24, 2.45) is 0 Å². The molecule has 1 aliphatic heterocycles. The SMILES string of the molecule is CCC(C)NC(=O)CCc1ccc2c(c1)NC(=O)CO2. The standard InChI is InChI=1S/C15H20N2O3/c1-3-10(2)16-14(18)7-5-11-4-6-13-12(8-11)17-15(19)9-20-13/h4,6,8,10H,3,5,7,9H2,1-2H3,(H,16,18)(H,17,19).